The van der Waals surface area contributed by atoms with Crippen LogP contribution in [0.15, 0.2) is 56.4 Å². The van der Waals surface area contributed by atoms with Crippen LogP contribution >= 0.6 is 12.2 Å². The smallest absolute Gasteiger partial charge is 0.262 e. The summed E-state index contributed by atoms with van der Waals surface area (Å²) < 4.78 is 53.6. The number of nitrogens with two attached hydrogens (primary N) is 1. The fourth-order valence-electron chi connectivity index (χ4n) is 3.77. The van der Waals surface area contributed by atoms with Crippen molar-refractivity contribution in [3.8, 4) is 11.1 Å². The number of unbranched alkanes of at least 4 members (excludes halogenated alkanes) is 2. The maximum atomic E-state index is 13.3. The molecule has 0 saturated carbocycles. The molecule has 1 heterocycles. The molecular weight excluding hydrogens is 552 g/mol. The molecule has 2 amide bonds. The Morgan fingerprint density at radius 1 is 1.08 bits per heavy atom. The number of hydrogen-bond acceptors (Lipinski definition) is 10. The molecule has 1 unspecified atom stereocenters. The van der Waals surface area contributed by atoms with Gasteiger partial charge in [0.15, 0.2) is 15.8 Å². The maximum absolute atomic E-state index is 13.3. The minimum atomic E-state index is -4.06. The van der Waals surface area contributed by atoms with Gasteiger partial charge in [0.1, 0.15) is 0 Å². The van der Waals surface area contributed by atoms with E-state index in [0.717, 1.165) is 19.3 Å². The monoisotopic (exact) mass is 580 g/mol. The van der Waals surface area contributed by atoms with E-state index in [1.807, 2.05) is 0 Å². The Balaban J connectivity index is 1.99. The van der Waals surface area contributed by atoms with Gasteiger partial charge in [-0.3, -0.25) is 9.59 Å². The van der Waals surface area contributed by atoms with Crippen LogP contribution in [-0.4, -0.2) is 45.8 Å². The molecule has 204 valence electrons. The van der Waals surface area contributed by atoms with E-state index in [9.17, 15) is 26.4 Å². The first-order valence-electron chi connectivity index (χ1n) is 11.7. The highest BCUT2D eigenvalue weighted by atomic mass is 32.2. The van der Waals surface area contributed by atoms with Gasteiger partial charge in [-0.1, -0.05) is 38.3 Å². The predicted octanol–water partition coefficient (Wildman–Crippen LogP) is 2.14. The quantitative estimate of drug-likeness (QED) is 0.0667. The van der Waals surface area contributed by atoms with Crippen molar-refractivity contribution in [2.45, 2.75) is 61.4 Å². The number of carbonyl (C=O) groups is 2. The molecule has 5 N–H and O–H groups in total. The highest BCUT2D eigenvalue weighted by molar-refractivity contribution is 7.89. The van der Waals surface area contributed by atoms with Gasteiger partial charge in [0, 0.05) is 22.9 Å². The number of rotatable bonds is 11. The molecule has 2 aromatic rings. The zero-order valence-corrected chi connectivity index (χ0v) is 23.2. The van der Waals surface area contributed by atoms with Gasteiger partial charge in [-0.05, 0) is 49.8 Å². The summed E-state index contributed by atoms with van der Waals surface area (Å²) in [4.78, 5) is 23.6. The molecule has 0 aromatic heterocycles. The molecule has 1 aliphatic rings. The van der Waals surface area contributed by atoms with E-state index in [0.29, 0.717) is 6.42 Å². The van der Waals surface area contributed by atoms with Gasteiger partial charge in [-0.15, -0.1) is 0 Å². The van der Waals surface area contributed by atoms with E-state index in [4.69, 9.17) is 18.0 Å². The van der Waals surface area contributed by atoms with Crippen molar-refractivity contribution in [1.29, 1.82) is 0 Å². The topological polar surface area (TPSA) is 189 Å². The summed E-state index contributed by atoms with van der Waals surface area (Å²) >= 11 is 4.73. The van der Waals surface area contributed by atoms with E-state index in [-0.39, 0.29) is 43.4 Å². The number of nitrogens with one attached hydrogen (secondary N) is 3. The maximum Gasteiger partial charge on any atom is 0.262 e. The molecule has 1 aliphatic heterocycles. The van der Waals surface area contributed by atoms with Crippen molar-refractivity contribution >= 4 is 61.2 Å². The number of thiol groups is 1. The summed E-state index contributed by atoms with van der Waals surface area (Å²) in [5.41, 5.74) is 6.34. The molecule has 2 aromatic carbocycles. The third kappa shape index (κ3) is 7.18. The average molecular weight is 581 g/mol. The van der Waals surface area contributed by atoms with E-state index in [1.165, 1.54) is 36.4 Å². The molecule has 1 fully saturated rings. The Morgan fingerprint density at radius 2 is 1.74 bits per heavy atom. The summed E-state index contributed by atoms with van der Waals surface area (Å²) in [5, 5.41) is 11.9. The zero-order valence-electron chi connectivity index (χ0n) is 20.6. The number of nitrogens with zero attached hydrogens (tertiary/aromatic N) is 2. The molecular formula is C23H28N6O6S3. The molecule has 15 heteroatoms. The number of benzene rings is 2. The van der Waals surface area contributed by atoms with E-state index in [2.05, 4.69) is 32.5 Å². The standard InChI is InChI=1S/C23H28N6O6S3/c1-3-4-5-6-13(2)29-38(34,35)19-11-14(24)7-9-17(19)16-10-8-15(12-18(16)37(32)33)27-28-20-21(30)25-23(36)26-22(20)31/h7-13,20,29,37H,3-6,24H2,1-2H3,(H2,25,26,30,31,36). The van der Waals surface area contributed by atoms with Crippen molar-refractivity contribution in [2.75, 3.05) is 5.73 Å². The Labute approximate surface area is 227 Å². The van der Waals surface area contributed by atoms with E-state index >= 15 is 0 Å². The van der Waals surface area contributed by atoms with Crippen LogP contribution in [0.25, 0.3) is 11.1 Å². The first kappa shape index (κ1) is 29.3. The van der Waals surface area contributed by atoms with Gasteiger partial charge in [0.25, 0.3) is 11.8 Å². The number of thiocarbonyl (C=S) groups is 1. The van der Waals surface area contributed by atoms with E-state index < -0.39 is 38.6 Å². The number of azo groups is 1. The number of hydrogen-bond donors (Lipinski definition) is 5. The van der Waals surface area contributed by atoms with Crippen molar-refractivity contribution < 1.29 is 26.4 Å². The largest absolute Gasteiger partial charge is 0.399 e. The third-order valence-electron chi connectivity index (χ3n) is 5.62. The lowest BCUT2D eigenvalue weighted by atomic mass is 10.0. The first-order valence-corrected chi connectivity index (χ1v) is 14.8. The second kappa shape index (κ2) is 12.5. The van der Waals surface area contributed by atoms with Crippen LogP contribution < -0.4 is 21.1 Å². The van der Waals surface area contributed by atoms with Crippen molar-refractivity contribution in [3.05, 3.63) is 36.4 Å². The fourth-order valence-corrected chi connectivity index (χ4v) is 6.14. The van der Waals surface area contributed by atoms with Gasteiger partial charge >= 0.3 is 0 Å². The van der Waals surface area contributed by atoms with Crippen LogP contribution in [0.4, 0.5) is 11.4 Å². The number of anilines is 1. The van der Waals surface area contributed by atoms with Crippen molar-refractivity contribution in [2.24, 2.45) is 10.2 Å². The predicted molar refractivity (Wildman–Crippen MR) is 146 cm³/mol. The van der Waals surface area contributed by atoms with Gasteiger partial charge < -0.3 is 16.4 Å². The Bertz CT molecular complexity index is 1440. The summed E-state index contributed by atoms with van der Waals surface area (Å²) in [6.45, 7) is 3.82. The van der Waals surface area contributed by atoms with Gasteiger partial charge in [0.05, 0.1) is 15.5 Å². The molecule has 3 rings (SSSR count). The Hall–Kier alpha value is -3.27. The highest BCUT2D eigenvalue weighted by Gasteiger charge is 2.32. The SMILES string of the molecule is CCCCCC(C)NS(=O)(=O)c1cc(N)ccc1-c1ccc(N=NC2C(=O)NC(=S)NC2=O)cc1[SH](=O)=O. The average Bonchev–Trinajstić information content (AvgIpc) is 2.83. The molecule has 0 spiro atoms. The molecule has 0 aliphatic carbocycles. The lowest BCUT2D eigenvalue weighted by Gasteiger charge is -2.18. The summed E-state index contributed by atoms with van der Waals surface area (Å²) in [6, 6.07) is 6.26. The van der Waals surface area contributed by atoms with Crippen LogP contribution in [0.3, 0.4) is 0 Å². The Kier molecular flexibility index (Phi) is 9.65. The van der Waals surface area contributed by atoms with Gasteiger partial charge in [-0.2, -0.15) is 10.2 Å². The van der Waals surface area contributed by atoms with Crippen LogP contribution in [0.5, 0.6) is 0 Å². The third-order valence-corrected chi connectivity index (χ3v) is 8.22. The Morgan fingerprint density at radius 3 is 2.37 bits per heavy atom. The lowest BCUT2D eigenvalue weighted by molar-refractivity contribution is -0.131. The molecule has 1 saturated heterocycles. The minimum Gasteiger partial charge on any atom is -0.399 e. The molecule has 0 bridgehead atoms. The second-order valence-electron chi connectivity index (χ2n) is 8.66. The zero-order chi connectivity index (χ0) is 28.0. The summed E-state index contributed by atoms with van der Waals surface area (Å²) in [7, 11) is -7.27. The van der Waals surface area contributed by atoms with E-state index in [1.54, 1.807) is 6.92 Å². The van der Waals surface area contributed by atoms with Crippen LogP contribution in [0.2, 0.25) is 0 Å². The first-order chi connectivity index (χ1) is 17.9. The number of carbonyl (C=O) groups excluding carboxylic acids is 2. The van der Waals surface area contributed by atoms with Gasteiger partial charge in [0.2, 0.25) is 16.1 Å². The molecule has 0 radical (unpaired) electrons. The molecule has 1 atom stereocenters. The van der Waals surface area contributed by atoms with Crippen molar-refractivity contribution in [1.82, 2.24) is 15.4 Å². The number of sulfonamides is 1. The fraction of sp³-hybridized carbons (Fsp3) is 0.348. The number of amides is 2. The highest BCUT2D eigenvalue weighted by Crippen LogP contribution is 2.34. The lowest BCUT2D eigenvalue weighted by Crippen LogP contribution is -2.57. The van der Waals surface area contributed by atoms with Crippen LogP contribution in [-0.2, 0) is 30.3 Å². The van der Waals surface area contributed by atoms with Gasteiger partial charge in [-0.25, -0.2) is 21.6 Å². The van der Waals surface area contributed by atoms with Crippen LogP contribution in [0.1, 0.15) is 39.5 Å². The normalized spacial score (nSPS) is 15.6. The summed E-state index contributed by atoms with van der Waals surface area (Å²) in [6.07, 6.45) is 3.48. The minimum absolute atomic E-state index is 0.0271. The van der Waals surface area contributed by atoms with Crippen molar-refractivity contribution in [3.63, 3.8) is 0 Å². The van der Waals surface area contributed by atoms with Crippen LogP contribution in [0, 0.1) is 0 Å². The summed E-state index contributed by atoms with van der Waals surface area (Å²) in [5.74, 6) is -1.55. The second-order valence-corrected chi connectivity index (χ2v) is 11.7. The number of nitrogen functional groups attached to an aromatic ring is 1. The molecule has 12 nitrogen and oxygen atoms in total. The molecule has 38 heavy (non-hydrogen) atoms.